The molecule has 1 atom stereocenters. The van der Waals surface area contributed by atoms with Gasteiger partial charge in [0.05, 0.1) is 18.0 Å². The quantitative estimate of drug-likeness (QED) is 0.838. The summed E-state index contributed by atoms with van der Waals surface area (Å²) >= 11 is 6.16. The summed E-state index contributed by atoms with van der Waals surface area (Å²) in [7, 11) is -3.37. The molecule has 1 aliphatic heterocycles. The first kappa shape index (κ1) is 19.3. The Morgan fingerprint density at radius 2 is 1.93 bits per heavy atom. The Hall–Kier alpha value is -2.45. The van der Waals surface area contributed by atoms with Gasteiger partial charge in [-0.05, 0) is 29.8 Å². The Balaban J connectivity index is 1.92. The molecule has 9 heteroatoms. The fraction of sp³-hybridized carbons (Fsp3) is 0.222. The van der Waals surface area contributed by atoms with Gasteiger partial charge in [-0.25, -0.2) is 17.8 Å². The largest absolute Gasteiger partial charge is 0.284 e. The minimum atomic E-state index is -3.37. The average molecular weight is 410 g/mol. The fourth-order valence-corrected chi connectivity index (χ4v) is 3.83. The molecule has 0 spiro atoms. The predicted octanol–water partition coefficient (Wildman–Crippen LogP) is 3.55. The van der Waals surface area contributed by atoms with Gasteiger partial charge >= 0.3 is 0 Å². The van der Waals surface area contributed by atoms with Crippen LogP contribution in [0.15, 0.2) is 47.6 Å². The molecule has 6 nitrogen and oxygen atoms in total. The lowest BCUT2D eigenvalue weighted by atomic mass is 9.98. The molecule has 1 heterocycles. The summed E-state index contributed by atoms with van der Waals surface area (Å²) in [5.74, 6) is -0.826. The Labute approximate surface area is 161 Å². The molecule has 1 aliphatic rings. The molecule has 2 aromatic rings. The van der Waals surface area contributed by atoms with Crippen molar-refractivity contribution < 1.29 is 17.6 Å². The van der Waals surface area contributed by atoms with Gasteiger partial charge in [-0.15, -0.1) is 0 Å². The van der Waals surface area contributed by atoms with Crippen LogP contribution in [-0.4, -0.2) is 31.3 Å². The van der Waals surface area contributed by atoms with Gasteiger partial charge in [0.1, 0.15) is 5.82 Å². The van der Waals surface area contributed by atoms with Crippen molar-refractivity contribution in [1.82, 2.24) is 5.01 Å². The molecule has 0 aromatic heterocycles. The van der Waals surface area contributed by atoms with Crippen molar-refractivity contribution >= 4 is 38.9 Å². The summed E-state index contributed by atoms with van der Waals surface area (Å²) in [6, 6.07) is 10.3. The summed E-state index contributed by atoms with van der Waals surface area (Å²) in [4.78, 5) is 12.0. The van der Waals surface area contributed by atoms with E-state index in [9.17, 15) is 17.6 Å². The maximum atomic E-state index is 14.3. The lowest BCUT2D eigenvalue weighted by Gasteiger charge is -2.21. The number of nitrogens with one attached hydrogen (secondary N) is 1. The zero-order valence-electron chi connectivity index (χ0n) is 14.6. The van der Waals surface area contributed by atoms with E-state index in [1.807, 2.05) is 0 Å². The van der Waals surface area contributed by atoms with Crippen molar-refractivity contribution in [2.75, 3.05) is 11.0 Å². The van der Waals surface area contributed by atoms with Crippen LogP contribution >= 0.6 is 11.6 Å². The molecule has 1 N–H and O–H groups in total. The first-order valence-corrected chi connectivity index (χ1v) is 10.3. The molecule has 3 rings (SSSR count). The number of halogens is 2. The normalized spacial score (nSPS) is 17.0. The van der Waals surface area contributed by atoms with Gasteiger partial charge in [0.15, 0.2) is 0 Å². The SMILES string of the molecule is CC(=O)N1N=C(c2ccc(NS(C)(=O)=O)cc2)C[C@@H]1c1c(F)cccc1Cl. The van der Waals surface area contributed by atoms with Gasteiger partial charge < -0.3 is 0 Å². The van der Waals surface area contributed by atoms with E-state index in [0.717, 1.165) is 6.26 Å². The van der Waals surface area contributed by atoms with Crippen molar-refractivity contribution in [3.63, 3.8) is 0 Å². The zero-order valence-corrected chi connectivity index (χ0v) is 16.2. The molecule has 1 amide bonds. The van der Waals surface area contributed by atoms with Crippen LogP contribution in [-0.2, 0) is 14.8 Å². The molecule has 0 radical (unpaired) electrons. The van der Waals surface area contributed by atoms with Crippen molar-refractivity contribution in [2.45, 2.75) is 19.4 Å². The second-order valence-electron chi connectivity index (χ2n) is 6.22. The highest BCUT2D eigenvalue weighted by atomic mass is 35.5. The summed E-state index contributed by atoms with van der Waals surface area (Å²) in [6.07, 6.45) is 1.36. The van der Waals surface area contributed by atoms with Crippen LogP contribution in [0.25, 0.3) is 0 Å². The number of anilines is 1. The van der Waals surface area contributed by atoms with Crippen LogP contribution in [0.4, 0.5) is 10.1 Å². The van der Waals surface area contributed by atoms with Gasteiger partial charge in [-0.2, -0.15) is 5.10 Å². The molecule has 0 saturated carbocycles. The number of amides is 1. The van der Waals surface area contributed by atoms with Gasteiger partial charge in [-0.3, -0.25) is 9.52 Å². The Bertz CT molecular complexity index is 1000. The number of rotatable bonds is 4. The molecule has 0 unspecified atom stereocenters. The summed E-state index contributed by atoms with van der Waals surface area (Å²) in [5, 5.41) is 5.79. The van der Waals surface area contributed by atoms with Crippen LogP contribution in [0, 0.1) is 5.82 Å². The van der Waals surface area contributed by atoms with E-state index in [1.54, 1.807) is 30.3 Å². The lowest BCUT2D eigenvalue weighted by molar-refractivity contribution is -0.130. The van der Waals surface area contributed by atoms with Crippen LogP contribution < -0.4 is 4.72 Å². The Morgan fingerprint density at radius 3 is 2.48 bits per heavy atom. The van der Waals surface area contributed by atoms with E-state index in [4.69, 9.17) is 11.6 Å². The minimum Gasteiger partial charge on any atom is -0.284 e. The summed E-state index contributed by atoms with van der Waals surface area (Å²) < 4.78 is 39.3. The molecule has 142 valence electrons. The number of hydrazone groups is 1. The fourth-order valence-electron chi connectivity index (χ4n) is 2.97. The van der Waals surface area contributed by atoms with Gasteiger partial charge in [0.2, 0.25) is 15.9 Å². The van der Waals surface area contributed by atoms with E-state index >= 15 is 0 Å². The molecule has 0 saturated heterocycles. The highest BCUT2D eigenvalue weighted by Gasteiger charge is 2.34. The minimum absolute atomic E-state index is 0.225. The smallest absolute Gasteiger partial charge is 0.240 e. The highest BCUT2D eigenvalue weighted by molar-refractivity contribution is 7.92. The van der Waals surface area contributed by atoms with Crippen LogP contribution in [0.5, 0.6) is 0 Å². The molecule has 0 fully saturated rings. The molecule has 27 heavy (non-hydrogen) atoms. The number of hydrogen-bond acceptors (Lipinski definition) is 4. The number of nitrogens with zero attached hydrogens (tertiary/aromatic N) is 2. The van der Waals surface area contributed by atoms with E-state index in [1.165, 1.54) is 24.1 Å². The predicted molar refractivity (Wildman–Crippen MR) is 103 cm³/mol. The number of carbonyl (C=O) groups excluding carboxylic acids is 1. The maximum Gasteiger partial charge on any atom is 0.240 e. The zero-order chi connectivity index (χ0) is 19.8. The van der Waals surface area contributed by atoms with Crippen LogP contribution in [0.2, 0.25) is 5.02 Å². The Morgan fingerprint density at radius 1 is 1.26 bits per heavy atom. The van der Waals surface area contributed by atoms with E-state index in [2.05, 4.69) is 9.82 Å². The number of sulfonamides is 1. The second-order valence-corrected chi connectivity index (χ2v) is 8.37. The van der Waals surface area contributed by atoms with Gasteiger partial charge in [0, 0.05) is 29.6 Å². The van der Waals surface area contributed by atoms with E-state index in [0.29, 0.717) is 23.4 Å². The van der Waals surface area contributed by atoms with Crippen LogP contribution in [0.1, 0.15) is 30.5 Å². The van der Waals surface area contributed by atoms with Crippen molar-refractivity contribution in [3.8, 4) is 0 Å². The number of benzene rings is 2. The Kier molecular flexibility index (Phi) is 5.21. The first-order valence-electron chi connectivity index (χ1n) is 8.05. The van der Waals surface area contributed by atoms with Gasteiger partial charge in [0.25, 0.3) is 0 Å². The van der Waals surface area contributed by atoms with E-state index < -0.39 is 21.9 Å². The third-order valence-electron chi connectivity index (χ3n) is 4.09. The topological polar surface area (TPSA) is 78.8 Å². The lowest BCUT2D eigenvalue weighted by Crippen LogP contribution is -2.25. The van der Waals surface area contributed by atoms with Crippen LogP contribution in [0.3, 0.4) is 0 Å². The summed E-state index contributed by atoms with van der Waals surface area (Å²) in [5.41, 5.74) is 1.93. The monoisotopic (exact) mass is 409 g/mol. The average Bonchev–Trinajstić information content (AvgIpc) is 2.99. The highest BCUT2D eigenvalue weighted by Crippen LogP contribution is 2.37. The van der Waals surface area contributed by atoms with E-state index in [-0.39, 0.29) is 16.5 Å². The molecule has 0 aliphatic carbocycles. The van der Waals surface area contributed by atoms with Crippen molar-refractivity contribution in [2.24, 2.45) is 5.10 Å². The maximum absolute atomic E-state index is 14.3. The third kappa shape index (κ3) is 4.28. The summed E-state index contributed by atoms with van der Waals surface area (Å²) in [6.45, 7) is 1.35. The first-order chi connectivity index (χ1) is 12.7. The molecule has 2 aromatic carbocycles. The molecule has 0 bridgehead atoms. The van der Waals surface area contributed by atoms with Crippen molar-refractivity contribution in [1.29, 1.82) is 0 Å². The third-order valence-corrected chi connectivity index (χ3v) is 5.02. The second kappa shape index (κ2) is 7.28. The molecular formula is C18H17ClFN3O3S. The van der Waals surface area contributed by atoms with Crippen molar-refractivity contribution in [3.05, 3.63) is 64.4 Å². The number of carbonyl (C=O) groups is 1. The standard InChI is InChI=1S/C18H17ClFN3O3S/c1-11(24)23-17(18-14(19)4-3-5-15(18)20)10-16(21-23)12-6-8-13(9-7-12)22-27(2,25)26/h3-9,17,22H,10H2,1-2H3/t17-/m1/s1. The molecular weight excluding hydrogens is 393 g/mol. The number of hydrogen-bond donors (Lipinski definition) is 1. The van der Waals surface area contributed by atoms with Gasteiger partial charge in [-0.1, -0.05) is 29.8 Å².